The number of carbonyl (C=O) groups is 1. The van der Waals surface area contributed by atoms with E-state index in [1.165, 1.54) is 0 Å². The van der Waals surface area contributed by atoms with Gasteiger partial charge >= 0.3 is 0 Å². The van der Waals surface area contributed by atoms with Crippen LogP contribution < -0.4 is 14.2 Å². The number of benzene rings is 2. The van der Waals surface area contributed by atoms with Gasteiger partial charge in [-0.2, -0.15) is 0 Å². The van der Waals surface area contributed by atoms with Gasteiger partial charge in [0.25, 0.3) is 5.91 Å². The van der Waals surface area contributed by atoms with E-state index >= 15 is 0 Å². The van der Waals surface area contributed by atoms with Crippen molar-refractivity contribution in [2.75, 3.05) is 27.9 Å². The van der Waals surface area contributed by atoms with Crippen LogP contribution >= 0.6 is 0 Å². The Kier molecular flexibility index (Phi) is 4.81. The second-order valence-corrected chi connectivity index (χ2v) is 6.71. The van der Waals surface area contributed by atoms with Gasteiger partial charge in [-0.1, -0.05) is 12.1 Å². The van der Waals surface area contributed by atoms with Crippen LogP contribution in [-0.2, 0) is 0 Å². The van der Waals surface area contributed by atoms with E-state index in [0.29, 0.717) is 29.4 Å². The molecule has 0 unspecified atom stereocenters. The van der Waals surface area contributed by atoms with Gasteiger partial charge in [0.15, 0.2) is 11.5 Å². The Morgan fingerprint density at radius 1 is 1.11 bits per heavy atom. The van der Waals surface area contributed by atoms with Gasteiger partial charge in [0.1, 0.15) is 5.82 Å². The molecular weight excluding hydrogens is 358 g/mol. The molecule has 3 aromatic rings. The fraction of sp³-hybridized carbons (Fsp3) is 0.333. The van der Waals surface area contributed by atoms with Crippen molar-refractivity contribution < 1.29 is 19.0 Å². The van der Waals surface area contributed by atoms with Gasteiger partial charge in [-0.25, -0.2) is 4.98 Å². The van der Waals surface area contributed by atoms with Crippen molar-refractivity contribution in [1.82, 2.24) is 14.9 Å². The SMILES string of the molecule is COc1cc(C(=O)N2CCC[C@@H]2c2nc3ccccc3[nH]2)cc(OC)c1OC. The third kappa shape index (κ3) is 3.02. The quantitative estimate of drug-likeness (QED) is 0.731. The number of methoxy groups -OCH3 is 3. The molecule has 1 fully saturated rings. The van der Waals surface area contributed by atoms with E-state index in [9.17, 15) is 4.79 Å². The summed E-state index contributed by atoms with van der Waals surface area (Å²) in [6.07, 6.45) is 1.80. The van der Waals surface area contributed by atoms with Gasteiger partial charge in [-0.05, 0) is 37.1 Å². The number of aromatic nitrogens is 2. The van der Waals surface area contributed by atoms with Crippen molar-refractivity contribution in [2.45, 2.75) is 18.9 Å². The van der Waals surface area contributed by atoms with Crippen molar-refractivity contribution in [3.63, 3.8) is 0 Å². The van der Waals surface area contributed by atoms with Crippen LogP contribution in [0.5, 0.6) is 17.2 Å². The topological polar surface area (TPSA) is 76.7 Å². The zero-order valence-corrected chi connectivity index (χ0v) is 16.2. The number of nitrogens with zero attached hydrogens (tertiary/aromatic N) is 2. The second kappa shape index (κ2) is 7.42. The Morgan fingerprint density at radius 2 is 1.82 bits per heavy atom. The molecule has 7 heteroatoms. The van der Waals surface area contributed by atoms with E-state index in [2.05, 4.69) is 4.98 Å². The number of amides is 1. The summed E-state index contributed by atoms with van der Waals surface area (Å²) in [6, 6.07) is 11.2. The molecule has 28 heavy (non-hydrogen) atoms. The minimum absolute atomic E-state index is 0.0813. The molecule has 1 aromatic heterocycles. The Morgan fingerprint density at radius 3 is 2.46 bits per heavy atom. The standard InChI is InChI=1S/C21H23N3O4/c1-26-17-11-13(12-18(27-2)19(17)28-3)21(25)24-10-6-9-16(24)20-22-14-7-4-5-8-15(14)23-20/h4-5,7-8,11-12,16H,6,9-10H2,1-3H3,(H,22,23)/t16-/m1/s1. The number of imidazole rings is 1. The monoisotopic (exact) mass is 381 g/mol. The summed E-state index contributed by atoms with van der Waals surface area (Å²) in [4.78, 5) is 23.2. The molecule has 1 N–H and O–H groups in total. The minimum atomic E-state index is -0.0843. The highest BCUT2D eigenvalue weighted by Crippen LogP contribution is 2.40. The summed E-state index contributed by atoms with van der Waals surface area (Å²) in [5.41, 5.74) is 2.38. The van der Waals surface area contributed by atoms with Crippen molar-refractivity contribution in [1.29, 1.82) is 0 Å². The molecule has 0 bridgehead atoms. The molecule has 4 rings (SSSR count). The highest BCUT2D eigenvalue weighted by atomic mass is 16.5. The Bertz CT molecular complexity index is 956. The zero-order valence-electron chi connectivity index (χ0n) is 16.2. The highest BCUT2D eigenvalue weighted by Gasteiger charge is 2.33. The second-order valence-electron chi connectivity index (χ2n) is 6.71. The summed E-state index contributed by atoms with van der Waals surface area (Å²) >= 11 is 0. The van der Waals surface area contributed by atoms with Crippen LogP contribution in [-0.4, -0.2) is 48.6 Å². The number of carbonyl (C=O) groups excluding carboxylic acids is 1. The van der Waals surface area contributed by atoms with E-state index in [-0.39, 0.29) is 11.9 Å². The Labute approximate surface area is 163 Å². The first-order valence-corrected chi connectivity index (χ1v) is 9.22. The molecule has 1 aliphatic heterocycles. The summed E-state index contributed by atoms with van der Waals surface area (Å²) in [5.74, 6) is 2.13. The van der Waals surface area contributed by atoms with Crippen molar-refractivity contribution in [2.24, 2.45) is 0 Å². The van der Waals surface area contributed by atoms with Gasteiger partial charge in [0.05, 0.1) is 38.4 Å². The number of fused-ring (bicyclic) bond motifs is 1. The van der Waals surface area contributed by atoms with E-state index in [4.69, 9.17) is 19.2 Å². The number of rotatable bonds is 5. The van der Waals surface area contributed by atoms with Crippen LogP contribution in [0.3, 0.4) is 0 Å². The maximum Gasteiger partial charge on any atom is 0.254 e. The maximum atomic E-state index is 13.3. The smallest absolute Gasteiger partial charge is 0.254 e. The number of ether oxygens (including phenoxy) is 3. The van der Waals surface area contributed by atoms with Crippen molar-refractivity contribution in [3.8, 4) is 17.2 Å². The third-order valence-electron chi connectivity index (χ3n) is 5.15. The molecule has 1 aliphatic rings. The van der Waals surface area contributed by atoms with Gasteiger partial charge in [-0.15, -0.1) is 0 Å². The lowest BCUT2D eigenvalue weighted by Crippen LogP contribution is -2.31. The molecule has 0 aliphatic carbocycles. The molecule has 7 nitrogen and oxygen atoms in total. The lowest BCUT2D eigenvalue weighted by Gasteiger charge is -2.24. The third-order valence-corrected chi connectivity index (χ3v) is 5.15. The number of likely N-dealkylation sites (tertiary alicyclic amines) is 1. The molecular formula is C21H23N3O4. The predicted molar refractivity (Wildman–Crippen MR) is 105 cm³/mol. The fourth-order valence-corrected chi connectivity index (χ4v) is 3.79. The number of hydrogen-bond acceptors (Lipinski definition) is 5. The number of nitrogens with one attached hydrogen (secondary N) is 1. The van der Waals surface area contributed by atoms with Crippen LogP contribution in [0.25, 0.3) is 11.0 Å². The van der Waals surface area contributed by atoms with Crippen LogP contribution in [0.2, 0.25) is 0 Å². The van der Waals surface area contributed by atoms with Crippen molar-refractivity contribution in [3.05, 3.63) is 47.8 Å². The Hall–Kier alpha value is -3.22. The lowest BCUT2D eigenvalue weighted by atomic mass is 10.1. The van der Waals surface area contributed by atoms with E-state index in [0.717, 1.165) is 29.7 Å². The number of para-hydroxylation sites is 2. The number of aromatic amines is 1. The van der Waals surface area contributed by atoms with Crippen LogP contribution in [0.4, 0.5) is 0 Å². The first-order chi connectivity index (χ1) is 13.7. The number of H-pyrrole nitrogens is 1. The molecule has 0 radical (unpaired) electrons. The normalized spacial score (nSPS) is 16.4. The summed E-state index contributed by atoms with van der Waals surface area (Å²) in [5, 5.41) is 0. The molecule has 2 aromatic carbocycles. The minimum Gasteiger partial charge on any atom is -0.493 e. The molecule has 0 spiro atoms. The van der Waals surface area contributed by atoms with Gasteiger partial charge < -0.3 is 24.1 Å². The van der Waals surface area contributed by atoms with E-state index in [1.807, 2.05) is 29.2 Å². The first-order valence-electron chi connectivity index (χ1n) is 9.22. The van der Waals surface area contributed by atoms with Gasteiger partial charge in [0, 0.05) is 12.1 Å². The summed E-state index contributed by atoms with van der Waals surface area (Å²) < 4.78 is 16.1. The summed E-state index contributed by atoms with van der Waals surface area (Å²) in [7, 11) is 4.62. The average Bonchev–Trinajstić information content (AvgIpc) is 3.38. The van der Waals surface area contributed by atoms with E-state index < -0.39 is 0 Å². The predicted octanol–water partition coefficient (Wildman–Crippen LogP) is 3.57. The largest absolute Gasteiger partial charge is 0.493 e. The molecule has 1 amide bonds. The first kappa shape index (κ1) is 18.2. The lowest BCUT2D eigenvalue weighted by molar-refractivity contribution is 0.0729. The Balaban J connectivity index is 1.68. The molecule has 0 saturated carbocycles. The van der Waals surface area contributed by atoms with Crippen LogP contribution in [0.15, 0.2) is 36.4 Å². The summed E-state index contributed by atoms with van der Waals surface area (Å²) in [6.45, 7) is 0.678. The molecule has 2 heterocycles. The molecule has 1 atom stereocenters. The number of hydrogen-bond donors (Lipinski definition) is 1. The molecule has 146 valence electrons. The maximum absolute atomic E-state index is 13.3. The molecule has 1 saturated heterocycles. The van der Waals surface area contributed by atoms with Gasteiger partial charge in [-0.3, -0.25) is 4.79 Å². The van der Waals surface area contributed by atoms with Crippen molar-refractivity contribution >= 4 is 16.9 Å². The highest BCUT2D eigenvalue weighted by molar-refractivity contribution is 5.96. The van der Waals surface area contributed by atoms with Crippen LogP contribution in [0, 0.1) is 0 Å². The fourth-order valence-electron chi connectivity index (χ4n) is 3.79. The average molecular weight is 381 g/mol. The van der Waals surface area contributed by atoms with Crippen LogP contribution in [0.1, 0.15) is 35.1 Å². The van der Waals surface area contributed by atoms with Gasteiger partial charge in [0.2, 0.25) is 5.75 Å². The zero-order chi connectivity index (χ0) is 19.7. The van der Waals surface area contributed by atoms with E-state index in [1.54, 1.807) is 33.5 Å².